The third kappa shape index (κ3) is 5.14. The topological polar surface area (TPSA) is 67.8 Å². The molecule has 2 saturated heterocycles. The molecule has 0 spiro atoms. The molecule has 0 aliphatic carbocycles. The number of carbonyl (C=O) groups is 1. The summed E-state index contributed by atoms with van der Waals surface area (Å²) >= 11 is 5.58. The number of hydrogen-bond donors (Lipinski definition) is 3. The van der Waals surface area contributed by atoms with Gasteiger partial charge in [-0.15, -0.1) is 0 Å². The van der Waals surface area contributed by atoms with Crippen LogP contribution in [0.1, 0.15) is 12.8 Å². The van der Waals surface area contributed by atoms with E-state index in [2.05, 4.69) is 39.8 Å². The largest absolute Gasteiger partial charge is 0.480 e. The van der Waals surface area contributed by atoms with Crippen molar-refractivity contribution in [2.24, 2.45) is 5.92 Å². The van der Waals surface area contributed by atoms with E-state index >= 15 is 0 Å². The summed E-state index contributed by atoms with van der Waals surface area (Å²) < 4.78 is 0. The van der Waals surface area contributed by atoms with Crippen LogP contribution in [0.3, 0.4) is 0 Å². The third-order valence-corrected chi connectivity index (χ3v) is 5.37. The van der Waals surface area contributed by atoms with Gasteiger partial charge in [0.15, 0.2) is 0 Å². The zero-order valence-corrected chi connectivity index (χ0v) is 15.2. The van der Waals surface area contributed by atoms with Crippen LogP contribution < -0.4 is 15.5 Å². The first-order chi connectivity index (χ1) is 12.1. The second-order valence-electron chi connectivity index (χ2n) is 6.72. The molecule has 0 unspecified atom stereocenters. The van der Waals surface area contributed by atoms with Crippen LogP contribution in [0.5, 0.6) is 0 Å². The first kappa shape index (κ1) is 18.1. The van der Waals surface area contributed by atoms with Gasteiger partial charge in [0.1, 0.15) is 0 Å². The predicted octanol–water partition coefficient (Wildman–Crippen LogP) is 1.63. The molecule has 3 rings (SSSR count). The van der Waals surface area contributed by atoms with E-state index in [1.54, 1.807) is 0 Å². The van der Waals surface area contributed by atoms with E-state index in [1.165, 1.54) is 5.69 Å². The standard InChI is InChI=1S/C18H26N4O2S/c23-17(24)13-21-9-5-14(6-10-21)18(25)20-15-1-3-16(4-2-15)22-11-7-19-8-12-22/h1-4,14,19H,5-13H2,(H,20,25)(H,23,24). The minimum atomic E-state index is -0.760. The van der Waals surface area contributed by atoms with E-state index in [-0.39, 0.29) is 6.54 Å². The van der Waals surface area contributed by atoms with E-state index < -0.39 is 5.97 Å². The average molecular weight is 362 g/mol. The Morgan fingerprint density at radius 2 is 1.80 bits per heavy atom. The summed E-state index contributed by atoms with van der Waals surface area (Å²) in [4.78, 5) is 16.0. The van der Waals surface area contributed by atoms with Crippen molar-refractivity contribution in [2.75, 3.05) is 56.0 Å². The Bertz CT molecular complexity index is 594. The number of thiocarbonyl (C=S) groups is 1. The summed E-state index contributed by atoms with van der Waals surface area (Å²) in [7, 11) is 0. The van der Waals surface area contributed by atoms with Crippen LogP contribution in [0, 0.1) is 5.92 Å². The van der Waals surface area contributed by atoms with E-state index in [9.17, 15) is 4.79 Å². The van der Waals surface area contributed by atoms with Gasteiger partial charge in [-0.25, -0.2) is 0 Å². The Balaban J connectivity index is 1.49. The zero-order valence-electron chi connectivity index (χ0n) is 14.4. The molecule has 0 saturated carbocycles. The van der Waals surface area contributed by atoms with Crippen molar-refractivity contribution in [1.29, 1.82) is 0 Å². The molecule has 2 aliphatic heterocycles. The number of nitrogens with one attached hydrogen (secondary N) is 2. The Morgan fingerprint density at radius 1 is 1.16 bits per heavy atom. The summed E-state index contributed by atoms with van der Waals surface area (Å²) in [5.74, 6) is -0.434. The van der Waals surface area contributed by atoms with Gasteiger partial charge in [-0.05, 0) is 50.2 Å². The van der Waals surface area contributed by atoms with Gasteiger partial charge >= 0.3 is 5.97 Å². The van der Waals surface area contributed by atoms with Crippen molar-refractivity contribution < 1.29 is 9.90 Å². The monoisotopic (exact) mass is 362 g/mol. The van der Waals surface area contributed by atoms with Crippen LogP contribution in [0.2, 0.25) is 0 Å². The molecular formula is C18H26N4O2S. The minimum absolute atomic E-state index is 0.125. The molecule has 7 heteroatoms. The molecule has 1 aromatic carbocycles. The molecule has 25 heavy (non-hydrogen) atoms. The van der Waals surface area contributed by atoms with Gasteiger partial charge in [-0.2, -0.15) is 0 Å². The van der Waals surface area contributed by atoms with Crippen molar-refractivity contribution >= 4 is 34.6 Å². The van der Waals surface area contributed by atoms with Crippen LogP contribution in [-0.2, 0) is 4.79 Å². The number of likely N-dealkylation sites (tertiary alicyclic amines) is 1. The van der Waals surface area contributed by atoms with Crippen LogP contribution >= 0.6 is 12.2 Å². The Hall–Kier alpha value is -1.70. The summed E-state index contributed by atoms with van der Waals surface area (Å²) in [5, 5.41) is 15.6. The molecule has 1 aromatic rings. The molecule has 3 N–H and O–H groups in total. The van der Waals surface area contributed by atoms with E-state index in [1.807, 2.05) is 4.90 Å². The molecule has 0 radical (unpaired) electrons. The fourth-order valence-electron chi connectivity index (χ4n) is 3.47. The molecule has 2 heterocycles. The van der Waals surface area contributed by atoms with Gasteiger partial charge in [0, 0.05) is 43.5 Å². The summed E-state index contributed by atoms with van der Waals surface area (Å²) in [6, 6.07) is 8.46. The van der Waals surface area contributed by atoms with Crippen molar-refractivity contribution in [3.63, 3.8) is 0 Å². The van der Waals surface area contributed by atoms with Crippen molar-refractivity contribution in [3.05, 3.63) is 24.3 Å². The highest BCUT2D eigenvalue weighted by molar-refractivity contribution is 7.80. The molecular weight excluding hydrogens is 336 g/mol. The highest BCUT2D eigenvalue weighted by Crippen LogP contribution is 2.22. The highest BCUT2D eigenvalue weighted by atomic mass is 32.1. The second-order valence-corrected chi connectivity index (χ2v) is 7.16. The lowest BCUT2D eigenvalue weighted by Gasteiger charge is -2.31. The quantitative estimate of drug-likeness (QED) is 0.688. The fraction of sp³-hybridized carbons (Fsp3) is 0.556. The van der Waals surface area contributed by atoms with Crippen molar-refractivity contribution in [1.82, 2.24) is 10.2 Å². The number of nitrogens with zero attached hydrogens (tertiary/aromatic N) is 2. The average Bonchev–Trinajstić information content (AvgIpc) is 2.63. The molecule has 2 aliphatic rings. The SMILES string of the molecule is O=C(O)CN1CCC(C(=S)Nc2ccc(N3CCNCC3)cc2)CC1. The zero-order chi connectivity index (χ0) is 17.6. The Kier molecular flexibility index (Phi) is 6.23. The lowest BCUT2D eigenvalue weighted by atomic mass is 9.96. The molecule has 6 nitrogen and oxygen atoms in total. The number of hydrogen-bond acceptors (Lipinski definition) is 5. The number of carboxylic acids is 1. The van der Waals surface area contributed by atoms with Crippen molar-refractivity contribution in [2.45, 2.75) is 12.8 Å². The smallest absolute Gasteiger partial charge is 0.317 e. The first-order valence-corrected chi connectivity index (χ1v) is 9.33. The number of carboxylic acid groups (broad SMARTS) is 1. The highest BCUT2D eigenvalue weighted by Gasteiger charge is 2.23. The lowest BCUT2D eigenvalue weighted by molar-refractivity contribution is -0.138. The van der Waals surface area contributed by atoms with Crippen LogP contribution in [0.15, 0.2) is 24.3 Å². The number of benzene rings is 1. The number of rotatable bonds is 5. The summed E-state index contributed by atoms with van der Waals surface area (Å²) in [5.41, 5.74) is 2.27. The van der Waals surface area contributed by atoms with Crippen LogP contribution in [0.4, 0.5) is 11.4 Å². The van der Waals surface area contributed by atoms with Gasteiger partial charge in [-0.3, -0.25) is 9.69 Å². The van der Waals surface area contributed by atoms with Gasteiger partial charge in [0.25, 0.3) is 0 Å². The molecule has 0 aromatic heterocycles. The maximum atomic E-state index is 10.8. The number of anilines is 2. The van der Waals surface area contributed by atoms with Gasteiger partial charge in [0.05, 0.1) is 11.5 Å². The number of piperidine rings is 1. The predicted molar refractivity (Wildman–Crippen MR) is 105 cm³/mol. The second kappa shape index (κ2) is 8.60. The molecule has 136 valence electrons. The number of aliphatic carboxylic acids is 1. The summed E-state index contributed by atoms with van der Waals surface area (Å²) in [6.07, 6.45) is 1.83. The minimum Gasteiger partial charge on any atom is -0.480 e. The molecule has 0 atom stereocenters. The maximum Gasteiger partial charge on any atom is 0.317 e. The molecule has 0 bridgehead atoms. The van der Waals surface area contributed by atoms with Crippen LogP contribution in [-0.4, -0.2) is 66.8 Å². The van der Waals surface area contributed by atoms with Crippen LogP contribution in [0.25, 0.3) is 0 Å². The van der Waals surface area contributed by atoms with E-state index in [4.69, 9.17) is 17.3 Å². The summed E-state index contributed by atoms with van der Waals surface area (Å²) in [6.45, 7) is 5.86. The maximum absolute atomic E-state index is 10.8. The molecule has 0 amide bonds. The van der Waals surface area contributed by atoms with Gasteiger partial charge < -0.3 is 20.6 Å². The van der Waals surface area contributed by atoms with E-state index in [0.29, 0.717) is 5.92 Å². The number of piperazine rings is 1. The van der Waals surface area contributed by atoms with Crippen molar-refractivity contribution in [3.8, 4) is 0 Å². The van der Waals surface area contributed by atoms with E-state index in [0.717, 1.165) is 62.8 Å². The Morgan fingerprint density at radius 3 is 2.40 bits per heavy atom. The third-order valence-electron chi connectivity index (χ3n) is 4.93. The van der Waals surface area contributed by atoms with Gasteiger partial charge in [0.2, 0.25) is 0 Å². The lowest BCUT2D eigenvalue weighted by Crippen LogP contribution is -2.43. The Labute approximate surface area is 154 Å². The molecule has 2 fully saturated rings. The fourth-order valence-corrected chi connectivity index (χ4v) is 3.82. The normalized spacial score (nSPS) is 19.6. The van der Waals surface area contributed by atoms with Gasteiger partial charge in [-0.1, -0.05) is 12.2 Å². The first-order valence-electron chi connectivity index (χ1n) is 8.92.